The van der Waals surface area contributed by atoms with Crippen LogP contribution in [0.5, 0.6) is 0 Å². The van der Waals surface area contributed by atoms with Crippen LogP contribution in [0.2, 0.25) is 0 Å². The Hall–Kier alpha value is -2.56. The van der Waals surface area contributed by atoms with Gasteiger partial charge in [-0.3, -0.25) is 0 Å². The maximum absolute atomic E-state index is 13.2. The number of hydrogen-bond acceptors (Lipinski definition) is 1. The largest absolute Gasteiger partial charge is 0.478 e. The van der Waals surface area contributed by atoms with E-state index in [0.29, 0.717) is 5.56 Å². The lowest BCUT2D eigenvalue weighted by molar-refractivity contribution is -0.137. The predicted molar refractivity (Wildman–Crippen MR) is 73.5 cm³/mol. The van der Waals surface area contributed by atoms with E-state index in [9.17, 15) is 18.0 Å². The lowest BCUT2D eigenvalue weighted by Crippen LogP contribution is -2.08. The monoisotopic (exact) mass is 292 g/mol. The highest BCUT2D eigenvalue weighted by molar-refractivity contribution is 5.88. The quantitative estimate of drug-likeness (QED) is 0.847. The van der Waals surface area contributed by atoms with Gasteiger partial charge >= 0.3 is 12.1 Å². The van der Waals surface area contributed by atoms with Crippen LogP contribution in [-0.2, 0) is 11.0 Å². The first kappa shape index (κ1) is 14.8. The SMILES string of the molecule is O=C(O)/C=C/c1cccc(C(F)(F)F)c1-c1ccccc1. The van der Waals surface area contributed by atoms with E-state index in [2.05, 4.69) is 0 Å². The Kier molecular flexibility index (Phi) is 4.12. The summed E-state index contributed by atoms with van der Waals surface area (Å²) in [5.41, 5.74) is -0.224. The molecule has 0 unspecified atom stereocenters. The molecule has 0 amide bonds. The number of halogens is 3. The van der Waals surface area contributed by atoms with Crippen molar-refractivity contribution in [2.45, 2.75) is 6.18 Å². The number of benzene rings is 2. The van der Waals surface area contributed by atoms with Gasteiger partial charge in [0.15, 0.2) is 0 Å². The van der Waals surface area contributed by atoms with Crippen LogP contribution in [0.15, 0.2) is 54.6 Å². The minimum Gasteiger partial charge on any atom is -0.478 e. The third-order valence-corrected chi connectivity index (χ3v) is 2.87. The van der Waals surface area contributed by atoms with Gasteiger partial charge in [-0.25, -0.2) is 4.79 Å². The summed E-state index contributed by atoms with van der Waals surface area (Å²) in [7, 11) is 0. The molecule has 0 saturated heterocycles. The van der Waals surface area contributed by atoms with Crippen LogP contribution >= 0.6 is 0 Å². The number of alkyl halides is 3. The van der Waals surface area contributed by atoms with Crippen molar-refractivity contribution in [1.29, 1.82) is 0 Å². The molecule has 0 aromatic heterocycles. The summed E-state index contributed by atoms with van der Waals surface area (Å²) in [5, 5.41) is 8.66. The Morgan fingerprint density at radius 1 is 1.00 bits per heavy atom. The van der Waals surface area contributed by atoms with E-state index in [1.54, 1.807) is 30.3 Å². The van der Waals surface area contributed by atoms with Gasteiger partial charge in [-0.15, -0.1) is 0 Å². The van der Waals surface area contributed by atoms with Gasteiger partial charge in [-0.05, 0) is 23.3 Å². The molecular weight excluding hydrogens is 281 g/mol. The molecule has 0 atom stereocenters. The third kappa shape index (κ3) is 3.51. The van der Waals surface area contributed by atoms with Crippen molar-refractivity contribution in [3.05, 3.63) is 65.7 Å². The van der Waals surface area contributed by atoms with E-state index in [4.69, 9.17) is 5.11 Å². The second kappa shape index (κ2) is 5.83. The van der Waals surface area contributed by atoms with Crippen LogP contribution in [0.3, 0.4) is 0 Å². The number of hydrogen-bond donors (Lipinski definition) is 1. The number of carboxylic acids is 1. The Labute approximate surface area is 119 Å². The standard InChI is InChI=1S/C16H11F3O2/c17-16(18,19)13-8-4-7-12(9-10-14(20)21)15(13)11-5-2-1-3-6-11/h1-10H,(H,20,21)/b10-9+. The molecule has 1 N–H and O–H groups in total. The second-order valence-electron chi connectivity index (χ2n) is 4.31. The van der Waals surface area contributed by atoms with Gasteiger partial charge in [0.2, 0.25) is 0 Å². The Bertz CT molecular complexity index is 674. The van der Waals surface area contributed by atoms with Gasteiger partial charge in [0.1, 0.15) is 0 Å². The number of aliphatic carboxylic acids is 1. The third-order valence-electron chi connectivity index (χ3n) is 2.87. The Morgan fingerprint density at radius 3 is 2.24 bits per heavy atom. The van der Waals surface area contributed by atoms with Crippen molar-refractivity contribution in [1.82, 2.24) is 0 Å². The fourth-order valence-electron chi connectivity index (χ4n) is 2.03. The van der Waals surface area contributed by atoms with Gasteiger partial charge < -0.3 is 5.11 Å². The molecule has 0 aliphatic rings. The molecule has 0 heterocycles. The summed E-state index contributed by atoms with van der Waals surface area (Å²) in [4.78, 5) is 10.6. The fraction of sp³-hybridized carbons (Fsp3) is 0.0625. The molecule has 0 bridgehead atoms. The second-order valence-corrected chi connectivity index (χ2v) is 4.31. The number of rotatable bonds is 3. The first-order valence-corrected chi connectivity index (χ1v) is 6.06. The van der Waals surface area contributed by atoms with Crippen molar-refractivity contribution in [2.75, 3.05) is 0 Å². The molecule has 108 valence electrons. The van der Waals surface area contributed by atoms with Crippen molar-refractivity contribution < 1.29 is 23.1 Å². The lowest BCUT2D eigenvalue weighted by atomic mass is 9.93. The van der Waals surface area contributed by atoms with Gasteiger partial charge in [-0.2, -0.15) is 13.2 Å². The minimum absolute atomic E-state index is 0.0249. The summed E-state index contributed by atoms with van der Waals surface area (Å²) in [6, 6.07) is 11.8. The van der Waals surface area contributed by atoms with E-state index in [1.807, 2.05) is 0 Å². The van der Waals surface area contributed by atoms with E-state index in [1.165, 1.54) is 18.2 Å². The molecule has 0 aliphatic heterocycles. The summed E-state index contributed by atoms with van der Waals surface area (Å²) >= 11 is 0. The molecule has 2 rings (SSSR count). The van der Waals surface area contributed by atoms with E-state index >= 15 is 0 Å². The van der Waals surface area contributed by atoms with Gasteiger partial charge in [0, 0.05) is 11.6 Å². The van der Waals surface area contributed by atoms with Gasteiger partial charge in [-0.1, -0.05) is 42.5 Å². The maximum Gasteiger partial charge on any atom is 0.417 e. The molecule has 21 heavy (non-hydrogen) atoms. The highest BCUT2D eigenvalue weighted by Crippen LogP contribution is 2.39. The maximum atomic E-state index is 13.2. The van der Waals surface area contributed by atoms with E-state index < -0.39 is 17.7 Å². The molecule has 2 aromatic carbocycles. The Morgan fingerprint density at radius 2 is 1.67 bits per heavy atom. The summed E-state index contributed by atoms with van der Waals surface area (Å²) in [6.07, 6.45) is -2.53. The first-order chi connectivity index (χ1) is 9.89. The summed E-state index contributed by atoms with van der Waals surface area (Å²) < 4.78 is 39.5. The molecular formula is C16H11F3O2. The molecule has 0 aliphatic carbocycles. The topological polar surface area (TPSA) is 37.3 Å². The zero-order valence-corrected chi connectivity index (χ0v) is 10.8. The number of carboxylic acid groups (broad SMARTS) is 1. The summed E-state index contributed by atoms with van der Waals surface area (Å²) in [5.74, 6) is -1.22. The highest BCUT2D eigenvalue weighted by atomic mass is 19.4. The van der Waals surface area contributed by atoms with Crippen LogP contribution in [0, 0.1) is 0 Å². The molecule has 0 saturated carbocycles. The van der Waals surface area contributed by atoms with Crippen LogP contribution in [0.1, 0.15) is 11.1 Å². The van der Waals surface area contributed by atoms with Crippen molar-refractivity contribution in [3.8, 4) is 11.1 Å². The smallest absolute Gasteiger partial charge is 0.417 e. The summed E-state index contributed by atoms with van der Waals surface area (Å²) in [6.45, 7) is 0. The van der Waals surface area contributed by atoms with E-state index in [-0.39, 0.29) is 11.1 Å². The molecule has 2 nitrogen and oxygen atoms in total. The molecule has 0 fully saturated rings. The average Bonchev–Trinajstić information content (AvgIpc) is 2.44. The Balaban J connectivity index is 2.70. The normalized spacial score (nSPS) is 11.8. The van der Waals surface area contributed by atoms with Crippen LogP contribution in [-0.4, -0.2) is 11.1 Å². The molecule has 0 radical (unpaired) electrons. The first-order valence-electron chi connectivity index (χ1n) is 6.06. The van der Waals surface area contributed by atoms with Crippen molar-refractivity contribution >= 4 is 12.0 Å². The molecule has 5 heteroatoms. The number of carbonyl (C=O) groups is 1. The molecule has 0 spiro atoms. The van der Waals surface area contributed by atoms with E-state index in [0.717, 1.165) is 12.1 Å². The minimum atomic E-state index is -4.52. The lowest BCUT2D eigenvalue weighted by Gasteiger charge is -2.15. The van der Waals surface area contributed by atoms with Crippen molar-refractivity contribution in [2.24, 2.45) is 0 Å². The highest BCUT2D eigenvalue weighted by Gasteiger charge is 2.34. The van der Waals surface area contributed by atoms with Crippen LogP contribution in [0.25, 0.3) is 17.2 Å². The average molecular weight is 292 g/mol. The predicted octanol–water partition coefficient (Wildman–Crippen LogP) is 4.47. The zero-order chi connectivity index (χ0) is 15.5. The van der Waals surface area contributed by atoms with Crippen LogP contribution in [0.4, 0.5) is 13.2 Å². The zero-order valence-electron chi connectivity index (χ0n) is 10.8. The van der Waals surface area contributed by atoms with Crippen LogP contribution < -0.4 is 0 Å². The molecule has 2 aromatic rings. The van der Waals surface area contributed by atoms with Gasteiger partial charge in [0.05, 0.1) is 5.56 Å². The van der Waals surface area contributed by atoms with Gasteiger partial charge in [0.25, 0.3) is 0 Å². The fourth-order valence-corrected chi connectivity index (χ4v) is 2.03. The van der Waals surface area contributed by atoms with Crippen molar-refractivity contribution in [3.63, 3.8) is 0 Å².